The molecule has 4 rings (SSSR count). The van der Waals surface area contributed by atoms with Gasteiger partial charge in [0.25, 0.3) is 11.8 Å². The van der Waals surface area contributed by atoms with Crippen molar-refractivity contribution in [1.29, 1.82) is 0 Å². The van der Waals surface area contributed by atoms with E-state index in [-0.39, 0.29) is 5.57 Å². The Kier molecular flexibility index (Phi) is 6.09. The van der Waals surface area contributed by atoms with Crippen LogP contribution in [0.1, 0.15) is 21.5 Å². The third-order valence-electron chi connectivity index (χ3n) is 4.92. The summed E-state index contributed by atoms with van der Waals surface area (Å²) in [5.74, 6) is -1.76. The molecule has 5 nitrogen and oxygen atoms in total. The van der Waals surface area contributed by atoms with E-state index in [1.54, 1.807) is 54.6 Å². The number of carbonyl (C=O) groups excluding carboxylic acids is 3. The fraction of sp³-hybridized carbons (Fsp3) is 0.0800. The van der Waals surface area contributed by atoms with Crippen LogP contribution in [0, 0.1) is 0 Å². The number of nitrogens with zero attached hydrogens (tertiary/aromatic N) is 1. The standard InChI is InChI=1S/C25H18BrNO4/c26-16-18-11-7-8-14-20(18)25(30)31-22-21(15-17-9-3-1-4-10-17)23(28)27(24(22)29)19-12-5-2-6-13-19/h1-15,22H,16H2/b21-15+. The Morgan fingerprint density at radius 3 is 2.19 bits per heavy atom. The van der Waals surface area contributed by atoms with Crippen LogP contribution in [0.5, 0.6) is 0 Å². The van der Waals surface area contributed by atoms with Crippen LogP contribution >= 0.6 is 15.9 Å². The normalized spacial score (nSPS) is 17.3. The number of benzene rings is 3. The first-order chi connectivity index (χ1) is 15.1. The minimum absolute atomic E-state index is 0.115. The number of alkyl halides is 1. The second-order valence-corrected chi connectivity index (χ2v) is 7.46. The van der Waals surface area contributed by atoms with Crippen LogP contribution in [0.2, 0.25) is 0 Å². The van der Waals surface area contributed by atoms with Gasteiger partial charge in [-0.2, -0.15) is 0 Å². The molecule has 0 bridgehead atoms. The summed E-state index contributed by atoms with van der Waals surface area (Å²) in [6.45, 7) is 0. The maximum Gasteiger partial charge on any atom is 0.339 e. The fourth-order valence-electron chi connectivity index (χ4n) is 3.40. The van der Waals surface area contributed by atoms with Crippen LogP contribution in [0.3, 0.4) is 0 Å². The van der Waals surface area contributed by atoms with Crippen LogP contribution in [0.4, 0.5) is 5.69 Å². The van der Waals surface area contributed by atoms with Gasteiger partial charge in [0.05, 0.1) is 16.8 Å². The molecule has 31 heavy (non-hydrogen) atoms. The summed E-state index contributed by atoms with van der Waals surface area (Å²) in [7, 11) is 0. The summed E-state index contributed by atoms with van der Waals surface area (Å²) in [6, 6.07) is 24.7. The van der Waals surface area contributed by atoms with E-state index < -0.39 is 23.9 Å². The second kappa shape index (κ2) is 9.10. The number of para-hydroxylation sites is 1. The van der Waals surface area contributed by atoms with Crippen LogP contribution < -0.4 is 4.90 Å². The molecule has 1 aliphatic heterocycles. The molecule has 2 amide bonds. The lowest BCUT2D eigenvalue weighted by molar-refractivity contribution is -0.124. The van der Waals surface area contributed by atoms with Gasteiger partial charge in [-0.15, -0.1) is 0 Å². The van der Waals surface area contributed by atoms with Crippen molar-refractivity contribution < 1.29 is 19.1 Å². The van der Waals surface area contributed by atoms with Crippen LogP contribution in [0.15, 0.2) is 90.5 Å². The predicted molar refractivity (Wildman–Crippen MR) is 122 cm³/mol. The minimum atomic E-state index is -1.33. The van der Waals surface area contributed by atoms with Crippen molar-refractivity contribution in [3.05, 3.63) is 107 Å². The van der Waals surface area contributed by atoms with Crippen LogP contribution in [0.25, 0.3) is 6.08 Å². The largest absolute Gasteiger partial charge is 0.443 e. The van der Waals surface area contributed by atoms with E-state index in [9.17, 15) is 14.4 Å². The lowest BCUT2D eigenvalue weighted by Crippen LogP contribution is -2.33. The van der Waals surface area contributed by atoms with Crippen molar-refractivity contribution in [2.45, 2.75) is 11.4 Å². The Hall–Kier alpha value is -3.51. The highest BCUT2D eigenvalue weighted by atomic mass is 79.9. The number of ether oxygens (including phenoxy) is 1. The number of esters is 1. The first-order valence-corrected chi connectivity index (χ1v) is 10.8. The zero-order valence-electron chi connectivity index (χ0n) is 16.4. The van der Waals surface area contributed by atoms with Crippen LogP contribution in [-0.4, -0.2) is 23.9 Å². The Morgan fingerprint density at radius 1 is 0.903 bits per heavy atom. The van der Waals surface area contributed by atoms with Gasteiger partial charge in [0.2, 0.25) is 6.10 Å². The van der Waals surface area contributed by atoms with Gasteiger partial charge in [-0.1, -0.05) is 82.7 Å². The van der Waals surface area contributed by atoms with E-state index in [0.29, 0.717) is 16.6 Å². The van der Waals surface area contributed by atoms with Gasteiger partial charge >= 0.3 is 5.97 Å². The number of amides is 2. The van der Waals surface area contributed by atoms with Crippen molar-refractivity contribution >= 4 is 45.5 Å². The zero-order chi connectivity index (χ0) is 21.8. The number of imide groups is 1. The molecule has 154 valence electrons. The maximum atomic E-state index is 13.2. The average Bonchev–Trinajstić information content (AvgIpc) is 3.04. The monoisotopic (exact) mass is 475 g/mol. The molecule has 0 saturated carbocycles. The second-order valence-electron chi connectivity index (χ2n) is 6.90. The lowest BCUT2D eigenvalue weighted by atomic mass is 10.1. The number of halogens is 1. The van der Waals surface area contributed by atoms with E-state index in [2.05, 4.69) is 15.9 Å². The van der Waals surface area contributed by atoms with Crippen molar-refractivity contribution in [3.8, 4) is 0 Å². The summed E-state index contributed by atoms with van der Waals surface area (Å²) in [4.78, 5) is 40.4. The van der Waals surface area contributed by atoms with Gasteiger partial charge in [-0.25, -0.2) is 9.69 Å². The van der Waals surface area contributed by atoms with Gasteiger partial charge in [-0.3, -0.25) is 9.59 Å². The molecular weight excluding hydrogens is 458 g/mol. The Labute approximate surface area is 188 Å². The molecule has 0 radical (unpaired) electrons. The molecule has 3 aromatic carbocycles. The molecular formula is C25H18BrNO4. The Bertz CT molecular complexity index is 1160. The third kappa shape index (κ3) is 4.20. The molecule has 0 aliphatic carbocycles. The van der Waals surface area contributed by atoms with Gasteiger partial charge in [-0.05, 0) is 35.4 Å². The Morgan fingerprint density at radius 2 is 1.52 bits per heavy atom. The van der Waals surface area contributed by atoms with E-state index in [1.807, 2.05) is 36.4 Å². The number of rotatable bonds is 5. The molecule has 1 fully saturated rings. The van der Waals surface area contributed by atoms with Crippen molar-refractivity contribution in [1.82, 2.24) is 0 Å². The smallest absolute Gasteiger partial charge is 0.339 e. The quantitative estimate of drug-likeness (QED) is 0.231. The summed E-state index contributed by atoms with van der Waals surface area (Å²) >= 11 is 3.36. The highest BCUT2D eigenvalue weighted by molar-refractivity contribution is 9.08. The van der Waals surface area contributed by atoms with Gasteiger partial charge in [0.15, 0.2) is 0 Å². The van der Waals surface area contributed by atoms with Crippen molar-refractivity contribution in [3.63, 3.8) is 0 Å². The molecule has 1 saturated heterocycles. The Balaban J connectivity index is 1.74. The number of hydrogen-bond donors (Lipinski definition) is 0. The molecule has 1 unspecified atom stereocenters. The lowest BCUT2D eigenvalue weighted by Gasteiger charge is -2.15. The van der Waals surface area contributed by atoms with E-state index >= 15 is 0 Å². The first kappa shape index (κ1) is 20.8. The van der Waals surface area contributed by atoms with E-state index in [0.717, 1.165) is 16.0 Å². The number of anilines is 1. The molecule has 1 aliphatic rings. The summed E-state index contributed by atoms with van der Waals surface area (Å²) in [5.41, 5.74) is 2.35. The molecule has 1 heterocycles. The van der Waals surface area contributed by atoms with Crippen LogP contribution in [-0.2, 0) is 19.7 Å². The summed E-state index contributed by atoms with van der Waals surface area (Å²) in [6.07, 6.45) is 0.265. The molecule has 0 aromatic heterocycles. The fourth-order valence-corrected chi connectivity index (χ4v) is 3.89. The summed E-state index contributed by atoms with van der Waals surface area (Å²) in [5, 5.41) is 0.457. The molecule has 6 heteroatoms. The zero-order valence-corrected chi connectivity index (χ0v) is 18.0. The minimum Gasteiger partial charge on any atom is -0.443 e. The molecule has 0 spiro atoms. The average molecular weight is 476 g/mol. The number of carbonyl (C=O) groups is 3. The topological polar surface area (TPSA) is 63.7 Å². The predicted octanol–water partition coefficient (Wildman–Crippen LogP) is 4.76. The maximum absolute atomic E-state index is 13.2. The molecule has 3 aromatic rings. The van der Waals surface area contributed by atoms with Gasteiger partial charge in [0.1, 0.15) is 0 Å². The molecule has 0 N–H and O–H groups in total. The van der Waals surface area contributed by atoms with E-state index in [4.69, 9.17) is 4.74 Å². The molecule has 1 atom stereocenters. The highest BCUT2D eigenvalue weighted by Crippen LogP contribution is 2.30. The third-order valence-corrected chi connectivity index (χ3v) is 5.52. The SMILES string of the molecule is O=C(OC1C(=O)N(c2ccccc2)C(=O)/C1=C/c1ccccc1)c1ccccc1CBr. The van der Waals surface area contributed by atoms with Gasteiger partial charge < -0.3 is 4.74 Å². The number of hydrogen-bond acceptors (Lipinski definition) is 4. The summed E-state index contributed by atoms with van der Waals surface area (Å²) < 4.78 is 5.62. The highest BCUT2D eigenvalue weighted by Gasteiger charge is 2.46. The van der Waals surface area contributed by atoms with E-state index in [1.165, 1.54) is 0 Å². The van der Waals surface area contributed by atoms with Crippen molar-refractivity contribution in [2.24, 2.45) is 0 Å². The van der Waals surface area contributed by atoms with Gasteiger partial charge in [0, 0.05) is 5.33 Å². The first-order valence-electron chi connectivity index (χ1n) is 9.65. The van der Waals surface area contributed by atoms with Crippen molar-refractivity contribution in [2.75, 3.05) is 4.90 Å².